The number of anilines is 1. The summed E-state index contributed by atoms with van der Waals surface area (Å²) in [4.78, 5) is 11.9. The highest BCUT2D eigenvalue weighted by molar-refractivity contribution is 7.89. The van der Waals surface area contributed by atoms with Crippen LogP contribution in [0.2, 0.25) is 0 Å². The lowest BCUT2D eigenvalue weighted by Crippen LogP contribution is -2.33. The minimum absolute atomic E-state index is 0.00945. The highest BCUT2D eigenvalue weighted by Gasteiger charge is 2.30. The monoisotopic (exact) mass is 454 g/mol. The van der Waals surface area contributed by atoms with Crippen LogP contribution in [0.25, 0.3) is 0 Å². The number of rotatable bonds is 8. The summed E-state index contributed by atoms with van der Waals surface area (Å²) in [5.41, 5.74) is 0.234. The topological polar surface area (TPSA) is 97.6 Å². The second kappa shape index (κ2) is 9.23. The van der Waals surface area contributed by atoms with Gasteiger partial charge in [0.1, 0.15) is 24.7 Å². The molecule has 0 fully saturated rings. The molecule has 3 aromatic rings. The number of furan rings is 1. The van der Waals surface area contributed by atoms with Crippen LogP contribution in [-0.4, -0.2) is 27.0 Å². The molecule has 2 N–H and O–H groups in total. The average molecular weight is 454 g/mol. The zero-order valence-corrected chi connectivity index (χ0v) is 16.7. The number of benzene rings is 2. The molecule has 0 spiro atoms. The van der Waals surface area contributed by atoms with E-state index in [2.05, 4.69) is 5.32 Å². The predicted molar refractivity (Wildman–Crippen MR) is 105 cm³/mol. The molecule has 0 aliphatic carbocycles. The van der Waals surface area contributed by atoms with Crippen molar-refractivity contribution < 1.29 is 35.5 Å². The Morgan fingerprint density at radius 3 is 2.29 bits per heavy atom. The van der Waals surface area contributed by atoms with Gasteiger partial charge in [0.2, 0.25) is 10.0 Å². The molecule has 7 nitrogen and oxygen atoms in total. The first-order valence-corrected chi connectivity index (χ1v) is 10.4. The molecule has 3 rings (SSSR count). The molecule has 0 bridgehead atoms. The number of halogens is 3. The minimum atomic E-state index is -4.67. The molecule has 0 saturated heterocycles. The van der Waals surface area contributed by atoms with Gasteiger partial charge in [-0.2, -0.15) is 13.2 Å². The molecule has 1 heterocycles. The number of alkyl halides is 3. The largest absolute Gasteiger partial charge is 0.486 e. The molecule has 0 saturated carbocycles. The molecule has 2 aromatic carbocycles. The molecule has 0 radical (unpaired) electrons. The summed E-state index contributed by atoms with van der Waals surface area (Å²) in [6.45, 7) is -1.56. The van der Waals surface area contributed by atoms with E-state index in [4.69, 9.17) is 9.15 Å². The van der Waals surface area contributed by atoms with Crippen LogP contribution in [0.5, 0.6) is 5.75 Å². The van der Waals surface area contributed by atoms with Crippen LogP contribution in [0.3, 0.4) is 0 Å². The van der Waals surface area contributed by atoms with E-state index in [1.165, 1.54) is 22.9 Å². The first-order valence-electron chi connectivity index (χ1n) is 8.87. The van der Waals surface area contributed by atoms with Crippen molar-refractivity contribution in [3.05, 3.63) is 78.3 Å². The van der Waals surface area contributed by atoms with E-state index >= 15 is 0 Å². The Hall–Kier alpha value is -3.31. The number of nitrogens with one attached hydrogen (secondary N) is 2. The summed E-state index contributed by atoms with van der Waals surface area (Å²) in [6.07, 6.45) is -4.67. The third kappa shape index (κ3) is 6.59. The molecule has 1 amide bonds. The Kier molecular flexibility index (Phi) is 6.66. The van der Waals surface area contributed by atoms with Crippen molar-refractivity contribution in [1.29, 1.82) is 0 Å². The van der Waals surface area contributed by atoms with Gasteiger partial charge in [0.25, 0.3) is 5.91 Å². The van der Waals surface area contributed by atoms with E-state index < -0.39 is 28.7 Å². The Bertz CT molecular complexity index is 1130. The van der Waals surface area contributed by atoms with Gasteiger partial charge in [0, 0.05) is 5.69 Å². The number of sulfonamides is 1. The van der Waals surface area contributed by atoms with Crippen molar-refractivity contribution in [3.63, 3.8) is 0 Å². The van der Waals surface area contributed by atoms with Crippen molar-refractivity contribution in [1.82, 2.24) is 4.72 Å². The van der Waals surface area contributed by atoms with Gasteiger partial charge in [-0.05, 0) is 48.5 Å². The normalized spacial score (nSPS) is 11.8. The minimum Gasteiger partial charge on any atom is -0.486 e. The zero-order chi connectivity index (χ0) is 22.5. The smallest absolute Gasteiger partial charge is 0.402 e. The predicted octanol–water partition coefficient (Wildman–Crippen LogP) is 3.95. The Labute approximate surface area is 175 Å². The highest BCUT2D eigenvalue weighted by atomic mass is 32.2. The van der Waals surface area contributed by atoms with Crippen LogP contribution in [0.4, 0.5) is 18.9 Å². The van der Waals surface area contributed by atoms with Crippen molar-refractivity contribution in [2.24, 2.45) is 0 Å². The fourth-order valence-corrected chi connectivity index (χ4v) is 3.43. The van der Waals surface area contributed by atoms with E-state index in [0.717, 1.165) is 12.1 Å². The molecule has 0 atom stereocenters. The Balaban J connectivity index is 1.58. The van der Waals surface area contributed by atoms with Gasteiger partial charge < -0.3 is 14.5 Å². The summed E-state index contributed by atoms with van der Waals surface area (Å²) < 4.78 is 72.8. The van der Waals surface area contributed by atoms with Gasteiger partial charge in [-0.15, -0.1) is 0 Å². The van der Waals surface area contributed by atoms with Crippen molar-refractivity contribution in [2.75, 3.05) is 11.9 Å². The van der Waals surface area contributed by atoms with Crippen LogP contribution in [0.1, 0.15) is 16.3 Å². The third-order valence-electron chi connectivity index (χ3n) is 3.89. The molecule has 11 heteroatoms. The molecule has 31 heavy (non-hydrogen) atoms. The zero-order valence-electron chi connectivity index (χ0n) is 15.8. The fraction of sp³-hybridized carbons (Fsp3) is 0.150. The molecular weight excluding hydrogens is 437 g/mol. The van der Waals surface area contributed by atoms with Crippen LogP contribution in [-0.2, 0) is 16.6 Å². The molecule has 164 valence electrons. The molecule has 0 aliphatic rings. The number of hydrogen-bond acceptors (Lipinski definition) is 5. The third-order valence-corrected chi connectivity index (χ3v) is 5.31. The van der Waals surface area contributed by atoms with Crippen molar-refractivity contribution >= 4 is 21.6 Å². The lowest BCUT2D eigenvalue weighted by Gasteiger charge is -2.10. The second-order valence-electron chi connectivity index (χ2n) is 6.29. The highest BCUT2D eigenvalue weighted by Crippen LogP contribution is 2.19. The fourth-order valence-electron chi connectivity index (χ4n) is 2.42. The lowest BCUT2D eigenvalue weighted by molar-refractivity contribution is -0.121. The quantitative estimate of drug-likeness (QED) is 0.537. The molecule has 1 aromatic heterocycles. The summed E-state index contributed by atoms with van der Waals surface area (Å²) >= 11 is 0. The lowest BCUT2D eigenvalue weighted by atomic mass is 10.3. The number of carbonyl (C=O) groups excluding carboxylic acids is 1. The van der Waals surface area contributed by atoms with E-state index in [0.29, 0.717) is 11.5 Å². The second-order valence-corrected chi connectivity index (χ2v) is 8.05. The van der Waals surface area contributed by atoms with Crippen molar-refractivity contribution in [2.45, 2.75) is 17.7 Å². The van der Waals surface area contributed by atoms with Gasteiger partial charge in [-0.1, -0.05) is 18.2 Å². The van der Waals surface area contributed by atoms with E-state index in [-0.39, 0.29) is 22.9 Å². The number of amides is 1. The van der Waals surface area contributed by atoms with Gasteiger partial charge >= 0.3 is 6.18 Å². The van der Waals surface area contributed by atoms with E-state index in [1.54, 1.807) is 18.2 Å². The first kappa shape index (κ1) is 22.4. The summed E-state index contributed by atoms with van der Waals surface area (Å²) in [6, 6.07) is 16.7. The molecular formula is C20H17F3N2O5S. The van der Waals surface area contributed by atoms with Gasteiger partial charge in [-0.3, -0.25) is 4.79 Å². The summed E-state index contributed by atoms with van der Waals surface area (Å²) in [5, 5.41) is 2.51. The van der Waals surface area contributed by atoms with Crippen LogP contribution in [0.15, 0.2) is 76.0 Å². The number of para-hydroxylation sites is 1. The molecule has 0 aliphatic heterocycles. The van der Waals surface area contributed by atoms with Crippen molar-refractivity contribution in [3.8, 4) is 5.75 Å². The number of carbonyl (C=O) groups is 1. The maximum atomic E-state index is 12.3. The Morgan fingerprint density at radius 2 is 1.65 bits per heavy atom. The number of hydrogen-bond donors (Lipinski definition) is 2. The van der Waals surface area contributed by atoms with Crippen LogP contribution >= 0.6 is 0 Å². The Morgan fingerprint density at radius 1 is 0.968 bits per heavy atom. The van der Waals surface area contributed by atoms with E-state index in [9.17, 15) is 26.4 Å². The van der Waals surface area contributed by atoms with Crippen LogP contribution < -0.4 is 14.8 Å². The van der Waals surface area contributed by atoms with Gasteiger partial charge in [-0.25, -0.2) is 13.1 Å². The summed E-state index contributed by atoms with van der Waals surface area (Å²) in [7, 11) is -4.33. The summed E-state index contributed by atoms with van der Waals surface area (Å²) in [5.74, 6) is 0.489. The standard InChI is InChI=1S/C20H17F3N2O5S/c21-20(22,23)13-24-31(27,28)17-9-6-14(7-10-17)25-19(26)18-11-8-16(30-18)12-29-15-4-2-1-3-5-15/h1-11,24H,12-13H2,(H,25,26). The average Bonchev–Trinajstić information content (AvgIpc) is 3.21. The number of ether oxygens (including phenoxy) is 1. The van der Waals surface area contributed by atoms with Crippen LogP contribution in [0, 0.1) is 0 Å². The van der Waals surface area contributed by atoms with Gasteiger partial charge in [0.05, 0.1) is 4.90 Å². The van der Waals surface area contributed by atoms with Gasteiger partial charge in [0.15, 0.2) is 5.76 Å². The SMILES string of the molecule is O=C(Nc1ccc(S(=O)(=O)NCC(F)(F)F)cc1)c1ccc(COc2ccccc2)o1. The maximum Gasteiger partial charge on any atom is 0.402 e. The molecule has 0 unspecified atom stereocenters. The maximum absolute atomic E-state index is 12.3. The van der Waals surface area contributed by atoms with E-state index in [1.807, 2.05) is 18.2 Å². The first-order chi connectivity index (χ1) is 14.6.